The first-order chi connectivity index (χ1) is 13.1. The van der Waals surface area contributed by atoms with Crippen molar-refractivity contribution < 1.29 is 9.53 Å². The van der Waals surface area contributed by atoms with Gasteiger partial charge in [-0.15, -0.1) is 0 Å². The molecular weight excluding hydrogens is 338 g/mol. The highest BCUT2D eigenvalue weighted by molar-refractivity contribution is 5.76. The Morgan fingerprint density at radius 1 is 1.04 bits per heavy atom. The van der Waals surface area contributed by atoms with Gasteiger partial charge >= 0.3 is 0 Å². The lowest BCUT2D eigenvalue weighted by atomic mass is 10.1. The molecule has 2 heterocycles. The van der Waals surface area contributed by atoms with Crippen molar-refractivity contribution in [3.63, 3.8) is 0 Å². The lowest BCUT2D eigenvalue weighted by Crippen LogP contribution is -2.44. The van der Waals surface area contributed by atoms with Gasteiger partial charge in [-0.05, 0) is 49.1 Å². The summed E-state index contributed by atoms with van der Waals surface area (Å²) in [5.74, 6) is 0.0761. The molecule has 0 aliphatic carbocycles. The van der Waals surface area contributed by atoms with Gasteiger partial charge in [-0.25, -0.2) is 0 Å². The molecule has 5 nitrogen and oxygen atoms in total. The number of rotatable bonds is 7. The number of hydrogen-bond acceptors (Lipinski definition) is 4. The van der Waals surface area contributed by atoms with E-state index in [1.54, 1.807) is 12.4 Å². The minimum Gasteiger partial charge on any atom is -0.373 e. The Balaban J connectivity index is 1.41. The molecule has 144 valence electrons. The number of aryl methyl sites for hydroxylation is 1. The Kier molecular flexibility index (Phi) is 6.96. The van der Waals surface area contributed by atoms with E-state index >= 15 is 0 Å². The maximum absolute atomic E-state index is 12.0. The maximum Gasteiger partial charge on any atom is 0.220 e. The van der Waals surface area contributed by atoms with Crippen LogP contribution in [0.1, 0.15) is 37.0 Å². The minimum absolute atomic E-state index is 0.0761. The van der Waals surface area contributed by atoms with E-state index in [2.05, 4.69) is 53.3 Å². The summed E-state index contributed by atoms with van der Waals surface area (Å²) in [6, 6.07) is 12.4. The number of ether oxygens (including phenoxy) is 1. The number of hydrogen-bond donors (Lipinski definition) is 1. The predicted molar refractivity (Wildman–Crippen MR) is 106 cm³/mol. The summed E-state index contributed by atoms with van der Waals surface area (Å²) in [5.41, 5.74) is 3.56. The summed E-state index contributed by atoms with van der Waals surface area (Å²) in [6.07, 6.45) is 5.32. The molecule has 1 aliphatic heterocycles. The summed E-state index contributed by atoms with van der Waals surface area (Å²) in [5, 5.41) is 3.00. The molecule has 1 aromatic heterocycles. The molecule has 2 atom stereocenters. The molecule has 1 saturated heterocycles. The fourth-order valence-corrected chi connectivity index (χ4v) is 3.53. The molecule has 1 aliphatic rings. The highest BCUT2D eigenvalue weighted by Crippen LogP contribution is 2.15. The molecule has 5 heteroatoms. The fraction of sp³-hybridized carbons (Fsp3) is 0.455. The van der Waals surface area contributed by atoms with Crippen LogP contribution in [0.4, 0.5) is 0 Å². The van der Waals surface area contributed by atoms with Crippen molar-refractivity contribution in [3.8, 4) is 0 Å². The van der Waals surface area contributed by atoms with Crippen LogP contribution in [-0.4, -0.2) is 41.1 Å². The second kappa shape index (κ2) is 9.62. The summed E-state index contributed by atoms with van der Waals surface area (Å²) in [7, 11) is 0. The van der Waals surface area contributed by atoms with Crippen LogP contribution in [0.3, 0.4) is 0 Å². The Morgan fingerprint density at radius 2 is 1.67 bits per heavy atom. The van der Waals surface area contributed by atoms with Crippen molar-refractivity contribution in [3.05, 3.63) is 65.5 Å². The minimum atomic E-state index is 0.0761. The average molecular weight is 367 g/mol. The van der Waals surface area contributed by atoms with E-state index in [-0.39, 0.29) is 18.1 Å². The Bertz CT molecular complexity index is 708. The number of amides is 1. The largest absolute Gasteiger partial charge is 0.373 e. The van der Waals surface area contributed by atoms with Gasteiger partial charge in [-0.3, -0.25) is 14.7 Å². The van der Waals surface area contributed by atoms with Gasteiger partial charge in [-0.1, -0.05) is 24.3 Å². The van der Waals surface area contributed by atoms with Gasteiger partial charge in [0.1, 0.15) is 0 Å². The fourth-order valence-electron chi connectivity index (χ4n) is 3.53. The molecule has 0 bridgehead atoms. The third kappa shape index (κ3) is 6.45. The van der Waals surface area contributed by atoms with Crippen LogP contribution >= 0.6 is 0 Å². The van der Waals surface area contributed by atoms with Crippen LogP contribution < -0.4 is 5.32 Å². The molecule has 1 N–H and O–H groups in total. The summed E-state index contributed by atoms with van der Waals surface area (Å²) in [4.78, 5) is 18.5. The first-order valence-electron chi connectivity index (χ1n) is 9.69. The zero-order chi connectivity index (χ0) is 19.1. The number of morpholine rings is 1. The van der Waals surface area contributed by atoms with Crippen molar-refractivity contribution in [2.24, 2.45) is 0 Å². The molecule has 27 heavy (non-hydrogen) atoms. The number of nitrogens with zero attached hydrogens (tertiary/aromatic N) is 2. The van der Waals surface area contributed by atoms with Crippen LogP contribution in [-0.2, 0) is 29.0 Å². The molecule has 1 amide bonds. The number of benzene rings is 1. The second-order valence-corrected chi connectivity index (χ2v) is 7.40. The van der Waals surface area contributed by atoms with Gasteiger partial charge < -0.3 is 10.1 Å². The number of carbonyl (C=O) groups is 1. The molecule has 2 unspecified atom stereocenters. The Hall–Kier alpha value is -2.24. The number of nitrogens with one attached hydrogen (secondary N) is 1. The molecule has 3 rings (SSSR count). The lowest BCUT2D eigenvalue weighted by Gasteiger charge is -2.35. The van der Waals surface area contributed by atoms with Gasteiger partial charge in [0.15, 0.2) is 0 Å². The quantitative estimate of drug-likeness (QED) is 0.817. The topological polar surface area (TPSA) is 54.5 Å². The normalized spacial score (nSPS) is 20.4. The summed E-state index contributed by atoms with van der Waals surface area (Å²) in [6.45, 7) is 7.71. The van der Waals surface area contributed by atoms with Gasteiger partial charge in [-0.2, -0.15) is 0 Å². The van der Waals surface area contributed by atoms with E-state index in [1.165, 1.54) is 5.56 Å². The van der Waals surface area contributed by atoms with E-state index in [0.717, 1.165) is 37.2 Å². The number of aromatic nitrogens is 1. The zero-order valence-electron chi connectivity index (χ0n) is 16.2. The SMILES string of the molecule is CC1CN(Cc2ccc(CNC(=O)CCc3ccncc3)cc2)CC(C)O1. The molecule has 2 aromatic rings. The maximum atomic E-state index is 12.0. The van der Waals surface area contributed by atoms with Crippen LogP contribution in [0.2, 0.25) is 0 Å². The molecular formula is C22H29N3O2. The van der Waals surface area contributed by atoms with E-state index in [4.69, 9.17) is 4.74 Å². The molecule has 0 saturated carbocycles. The standard InChI is InChI=1S/C22H29N3O2/c1-17-14-25(15-18(2)27-17)16-21-5-3-20(4-6-21)13-24-22(26)8-7-19-9-11-23-12-10-19/h3-6,9-12,17-18H,7-8,13-16H2,1-2H3,(H,24,26). The molecule has 0 radical (unpaired) electrons. The molecule has 0 spiro atoms. The van der Waals surface area contributed by atoms with Crippen molar-refractivity contribution >= 4 is 5.91 Å². The van der Waals surface area contributed by atoms with Crippen LogP contribution in [0.25, 0.3) is 0 Å². The number of carbonyl (C=O) groups excluding carboxylic acids is 1. The third-order valence-corrected chi connectivity index (χ3v) is 4.80. The second-order valence-electron chi connectivity index (χ2n) is 7.40. The van der Waals surface area contributed by atoms with Gasteiger partial charge in [0, 0.05) is 45.0 Å². The molecule has 1 aromatic carbocycles. The van der Waals surface area contributed by atoms with E-state index in [9.17, 15) is 4.79 Å². The Morgan fingerprint density at radius 3 is 2.33 bits per heavy atom. The summed E-state index contributed by atoms with van der Waals surface area (Å²) < 4.78 is 5.79. The van der Waals surface area contributed by atoms with Gasteiger partial charge in [0.2, 0.25) is 5.91 Å². The van der Waals surface area contributed by atoms with Crippen molar-refractivity contribution in [2.75, 3.05) is 13.1 Å². The van der Waals surface area contributed by atoms with E-state index in [0.29, 0.717) is 13.0 Å². The van der Waals surface area contributed by atoms with Crippen molar-refractivity contribution in [2.45, 2.75) is 52.0 Å². The van der Waals surface area contributed by atoms with Crippen molar-refractivity contribution in [1.29, 1.82) is 0 Å². The number of pyridine rings is 1. The van der Waals surface area contributed by atoms with E-state index < -0.39 is 0 Å². The van der Waals surface area contributed by atoms with Crippen LogP contribution in [0.15, 0.2) is 48.8 Å². The first-order valence-corrected chi connectivity index (χ1v) is 9.69. The van der Waals surface area contributed by atoms with Crippen LogP contribution in [0, 0.1) is 0 Å². The Labute approximate surface area is 161 Å². The first kappa shape index (κ1) is 19.5. The van der Waals surface area contributed by atoms with Crippen LogP contribution in [0.5, 0.6) is 0 Å². The van der Waals surface area contributed by atoms with E-state index in [1.807, 2.05) is 12.1 Å². The summed E-state index contributed by atoms with van der Waals surface area (Å²) >= 11 is 0. The average Bonchev–Trinajstić information content (AvgIpc) is 2.66. The smallest absolute Gasteiger partial charge is 0.220 e. The van der Waals surface area contributed by atoms with Gasteiger partial charge in [0.05, 0.1) is 12.2 Å². The lowest BCUT2D eigenvalue weighted by molar-refractivity contribution is -0.121. The molecule has 1 fully saturated rings. The highest BCUT2D eigenvalue weighted by Gasteiger charge is 2.21. The van der Waals surface area contributed by atoms with Gasteiger partial charge in [0.25, 0.3) is 0 Å². The zero-order valence-corrected chi connectivity index (χ0v) is 16.2. The highest BCUT2D eigenvalue weighted by atomic mass is 16.5. The predicted octanol–water partition coefficient (Wildman–Crippen LogP) is 2.94. The monoisotopic (exact) mass is 367 g/mol. The van der Waals surface area contributed by atoms with Crippen molar-refractivity contribution in [1.82, 2.24) is 15.2 Å². The third-order valence-electron chi connectivity index (χ3n) is 4.80.